The Kier molecular flexibility index (Phi) is 5.53. The first kappa shape index (κ1) is 19.7. The monoisotopic (exact) mass is 466 g/mol. The molecule has 150 valence electrons. The van der Waals surface area contributed by atoms with Gasteiger partial charge in [0, 0.05) is 41.6 Å². The maximum atomic E-state index is 12.5. The van der Waals surface area contributed by atoms with Gasteiger partial charge in [-0.1, -0.05) is 22.0 Å². The fourth-order valence-electron chi connectivity index (χ4n) is 3.00. The molecule has 0 bridgehead atoms. The maximum absolute atomic E-state index is 12.5. The first-order chi connectivity index (χ1) is 14.5. The van der Waals surface area contributed by atoms with Gasteiger partial charge in [-0.15, -0.1) is 0 Å². The van der Waals surface area contributed by atoms with E-state index in [1.807, 2.05) is 0 Å². The van der Waals surface area contributed by atoms with Crippen molar-refractivity contribution in [2.45, 2.75) is 6.42 Å². The second-order valence-electron chi connectivity index (χ2n) is 6.42. The molecule has 0 saturated carbocycles. The summed E-state index contributed by atoms with van der Waals surface area (Å²) in [6.45, 7) is -0.00834. The number of benzene rings is 2. The highest BCUT2D eigenvalue weighted by atomic mass is 79.9. The topological polar surface area (TPSA) is 101 Å². The van der Waals surface area contributed by atoms with Gasteiger partial charge in [0.2, 0.25) is 11.8 Å². The van der Waals surface area contributed by atoms with E-state index in [4.69, 9.17) is 4.74 Å². The van der Waals surface area contributed by atoms with Crippen LogP contribution in [0.2, 0.25) is 0 Å². The molecule has 0 fully saturated rings. The number of ether oxygens (including phenoxy) is 1. The van der Waals surface area contributed by atoms with E-state index in [0.29, 0.717) is 32.9 Å². The standard InChI is InChI=1S/C21H15BrN4O4/c22-13-4-5-16-17(10-13)21(29)26(20(16)28)9-6-18(27)25-14-2-1-3-15(11-14)30-19-12-23-7-8-24-19/h1-5,7-8,10-12H,6,9H2,(H,25,27). The highest BCUT2D eigenvalue weighted by Crippen LogP contribution is 2.26. The normalized spacial score (nSPS) is 12.6. The van der Waals surface area contributed by atoms with Crippen molar-refractivity contribution in [2.75, 3.05) is 11.9 Å². The van der Waals surface area contributed by atoms with Crippen molar-refractivity contribution in [2.24, 2.45) is 0 Å². The molecule has 9 heteroatoms. The van der Waals surface area contributed by atoms with Crippen LogP contribution in [0.3, 0.4) is 0 Å². The summed E-state index contributed by atoms with van der Waals surface area (Å²) in [6, 6.07) is 11.7. The minimum absolute atomic E-state index is 0.00834. The van der Waals surface area contributed by atoms with Crippen LogP contribution in [-0.4, -0.2) is 39.1 Å². The van der Waals surface area contributed by atoms with Crippen molar-refractivity contribution >= 4 is 39.3 Å². The summed E-state index contributed by atoms with van der Waals surface area (Å²) in [5, 5.41) is 2.74. The van der Waals surface area contributed by atoms with Crippen molar-refractivity contribution in [3.8, 4) is 11.6 Å². The van der Waals surface area contributed by atoms with Crippen molar-refractivity contribution in [3.05, 3.63) is 76.7 Å². The number of amides is 3. The van der Waals surface area contributed by atoms with Crippen molar-refractivity contribution < 1.29 is 19.1 Å². The molecular formula is C21H15BrN4O4. The third kappa shape index (κ3) is 4.20. The van der Waals surface area contributed by atoms with Crippen LogP contribution >= 0.6 is 15.9 Å². The molecule has 0 radical (unpaired) electrons. The lowest BCUT2D eigenvalue weighted by Gasteiger charge is -2.13. The van der Waals surface area contributed by atoms with Crippen LogP contribution in [0.4, 0.5) is 5.69 Å². The molecule has 2 heterocycles. The molecule has 2 aromatic carbocycles. The Hall–Kier alpha value is -3.59. The number of carbonyl (C=O) groups is 3. The van der Waals surface area contributed by atoms with E-state index in [0.717, 1.165) is 4.90 Å². The molecule has 1 N–H and O–H groups in total. The summed E-state index contributed by atoms with van der Waals surface area (Å²) in [5.41, 5.74) is 1.20. The van der Waals surface area contributed by atoms with Crippen LogP contribution in [0.25, 0.3) is 0 Å². The molecule has 0 saturated heterocycles. The number of fused-ring (bicyclic) bond motifs is 1. The molecule has 1 aliphatic heterocycles. The van der Waals surface area contributed by atoms with Gasteiger partial charge < -0.3 is 10.1 Å². The quantitative estimate of drug-likeness (QED) is 0.556. The molecule has 4 rings (SSSR count). The molecule has 0 unspecified atom stereocenters. The summed E-state index contributed by atoms with van der Waals surface area (Å²) >= 11 is 3.29. The lowest BCUT2D eigenvalue weighted by molar-refractivity contribution is -0.116. The average Bonchev–Trinajstić information content (AvgIpc) is 2.97. The Morgan fingerprint density at radius 3 is 2.70 bits per heavy atom. The smallest absolute Gasteiger partial charge is 0.261 e. The largest absolute Gasteiger partial charge is 0.437 e. The predicted octanol–water partition coefficient (Wildman–Crippen LogP) is 3.66. The van der Waals surface area contributed by atoms with Gasteiger partial charge in [-0.05, 0) is 30.3 Å². The third-order valence-corrected chi connectivity index (χ3v) is 4.87. The van der Waals surface area contributed by atoms with Gasteiger partial charge in [-0.3, -0.25) is 24.3 Å². The predicted molar refractivity (Wildman–Crippen MR) is 111 cm³/mol. The number of carbonyl (C=O) groups excluding carboxylic acids is 3. The molecule has 30 heavy (non-hydrogen) atoms. The van der Waals surface area contributed by atoms with Crippen molar-refractivity contribution in [3.63, 3.8) is 0 Å². The van der Waals surface area contributed by atoms with Crippen LogP contribution in [0, 0.1) is 0 Å². The lowest BCUT2D eigenvalue weighted by atomic mass is 10.1. The SMILES string of the molecule is O=C(CCN1C(=O)c2ccc(Br)cc2C1=O)Nc1cccc(Oc2cnccn2)c1. The zero-order valence-electron chi connectivity index (χ0n) is 15.5. The zero-order chi connectivity index (χ0) is 21.1. The molecule has 1 aliphatic rings. The molecule has 0 atom stereocenters. The van der Waals surface area contributed by atoms with E-state index in [1.54, 1.807) is 42.5 Å². The van der Waals surface area contributed by atoms with Gasteiger partial charge in [0.1, 0.15) is 5.75 Å². The summed E-state index contributed by atoms with van der Waals surface area (Å²) in [7, 11) is 0. The Morgan fingerprint density at radius 1 is 1.07 bits per heavy atom. The highest BCUT2D eigenvalue weighted by molar-refractivity contribution is 9.10. The van der Waals surface area contributed by atoms with E-state index >= 15 is 0 Å². The minimum Gasteiger partial charge on any atom is -0.437 e. The van der Waals surface area contributed by atoms with Crippen molar-refractivity contribution in [1.29, 1.82) is 0 Å². The summed E-state index contributed by atoms with van der Waals surface area (Å²) in [6.07, 6.45) is 4.50. The number of hydrogen-bond donors (Lipinski definition) is 1. The number of nitrogens with zero attached hydrogens (tertiary/aromatic N) is 3. The van der Waals surface area contributed by atoms with Gasteiger partial charge in [-0.25, -0.2) is 4.98 Å². The maximum Gasteiger partial charge on any atom is 0.261 e. The number of hydrogen-bond acceptors (Lipinski definition) is 6. The van der Waals surface area contributed by atoms with Crippen LogP contribution in [0.5, 0.6) is 11.6 Å². The summed E-state index contributed by atoms with van der Waals surface area (Å²) < 4.78 is 6.30. The van der Waals surface area contributed by atoms with Crippen LogP contribution < -0.4 is 10.1 Å². The van der Waals surface area contributed by atoms with E-state index in [2.05, 4.69) is 31.2 Å². The van der Waals surface area contributed by atoms with Gasteiger partial charge in [0.15, 0.2) is 0 Å². The van der Waals surface area contributed by atoms with Crippen LogP contribution in [0.15, 0.2) is 65.5 Å². The summed E-state index contributed by atoms with van der Waals surface area (Å²) in [4.78, 5) is 46.3. The van der Waals surface area contributed by atoms with Crippen LogP contribution in [0.1, 0.15) is 27.1 Å². The van der Waals surface area contributed by atoms with Gasteiger partial charge in [0.05, 0.1) is 17.3 Å². The number of aromatic nitrogens is 2. The minimum atomic E-state index is -0.400. The third-order valence-electron chi connectivity index (χ3n) is 4.37. The Bertz CT molecular complexity index is 1140. The first-order valence-electron chi connectivity index (χ1n) is 9.01. The molecule has 1 aromatic heterocycles. The molecule has 8 nitrogen and oxygen atoms in total. The Labute approximate surface area is 180 Å². The van der Waals surface area contributed by atoms with Gasteiger partial charge in [-0.2, -0.15) is 0 Å². The number of rotatable bonds is 6. The Morgan fingerprint density at radius 2 is 1.90 bits per heavy atom. The summed E-state index contributed by atoms with van der Waals surface area (Å²) in [5.74, 6) is -0.306. The van der Waals surface area contributed by atoms with E-state index < -0.39 is 11.8 Å². The highest BCUT2D eigenvalue weighted by Gasteiger charge is 2.35. The fourth-order valence-corrected chi connectivity index (χ4v) is 3.36. The van der Waals surface area contributed by atoms with Crippen molar-refractivity contribution in [1.82, 2.24) is 14.9 Å². The van der Waals surface area contributed by atoms with Crippen LogP contribution in [-0.2, 0) is 4.79 Å². The number of halogens is 1. The average molecular weight is 467 g/mol. The number of imide groups is 1. The molecular weight excluding hydrogens is 452 g/mol. The second kappa shape index (κ2) is 8.42. The molecule has 0 spiro atoms. The number of anilines is 1. The molecule has 3 aromatic rings. The molecule has 3 amide bonds. The fraction of sp³-hybridized carbons (Fsp3) is 0.0952. The second-order valence-corrected chi connectivity index (χ2v) is 7.34. The lowest BCUT2D eigenvalue weighted by Crippen LogP contribution is -2.32. The van der Waals surface area contributed by atoms with Gasteiger partial charge in [0.25, 0.3) is 11.8 Å². The zero-order valence-corrected chi connectivity index (χ0v) is 17.1. The van der Waals surface area contributed by atoms with Gasteiger partial charge >= 0.3 is 0 Å². The first-order valence-corrected chi connectivity index (χ1v) is 9.80. The number of nitrogens with one attached hydrogen (secondary N) is 1. The van der Waals surface area contributed by atoms with E-state index in [-0.39, 0.29) is 18.9 Å². The van der Waals surface area contributed by atoms with E-state index in [9.17, 15) is 14.4 Å². The Balaban J connectivity index is 1.36. The molecule has 0 aliphatic carbocycles. The van der Waals surface area contributed by atoms with E-state index in [1.165, 1.54) is 18.6 Å².